The van der Waals surface area contributed by atoms with Crippen molar-refractivity contribution >= 4 is 28.9 Å². The predicted octanol–water partition coefficient (Wildman–Crippen LogP) is 1.84. The second kappa shape index (κ2) is 7.96. The van der Waals surface area contributed by atoms with Gasteiger partial charge in [-0.1, -0.05) is 12.1 Å². The molecule has 8 heteroatoms. The fraction of sp³-hybridized carbons (Fsp3) is 0.158. The zero-order valence-electron chi connectivity index (χ0n) is 14.6. The first-order valence-corrected chi connectivity index (χ1v) is 9.11. The topological polar surface area (TPSA) is 118 Å². The van der Waals surface area contributed by atoms with Gasteiger partial charge in [0.25, 0.3) is 11.8 Å². The lowest BCUT2D eigenvalue weighted by molar-refractivity contribution is -0.137. The van der Waals surface area contributed by atoms with Crippen molar-refractivity contribution in [2.24, 2.45) is 5.73 Å². The zero-order chi connectivity index (χ0) is 19.4. The SMILES string of the molecule is Cc1[nH]cc(C(=O)NC(Cc2cccs2)C(=O)C(N)=O)c1-c1ccccn1. The molecule has 1 atom stereocenters. The third-order valence-corrected chi connectivity index (χ3v) is 4.99. The molecular formula is C19H18N4O3S. The molecule has 0 spiro atoms. The number of hydrogen-bond donors (Lipinski definition) is 3. The number of hydrogen-bond acceptors (Lipinski definition) is 5. The van der Waals surface area contributed by atoms with E-state index in [4.69, 9.17) is 5.73 Å². The van der Waals surface area contributed by atoms with Crippen molar-refractivity contribution in [1.82, 2.24) is 15.3 Å². The minimum Gasteiger partial charge on any atom is -0.364 e. The van der Waals surface area contributed by atoms with E-state index in [-0.39, 0.29) is 6.42 Å². The van der Waals surface area contributed by atoms with Crippen molar-refractivity contribution in [2.45, 2.75) is 19.4 Å². The van der Waals surface area contributed by atoms with Crippen LogP contribution in [-0.4, -0.2) is 33.6 Å². The average molecular weight is 382 g/mol. The molecule has 3 aromatic heterocycles. The Morgan fingerprint density at radius 1 is 1.26 bits per heavy atom. The normalized spacial score (nSPS) is 11.7. The number of aryl methyl sites for hydroxylation is 1. The molecule has 0 aromatic carbocycles. The number of pyridine rings is 1. The monoisotopic (exact) mass is 382 g/mol. The number of Topliss-reactive ketones (excluding diaryl/α,β-unsaturated/α-hetero) is 1. The molecule has 0 radical (unpaired) electrons. The van der Waals surface area contributed by atoms with Gasteiger partial charge in [0.05, 0.1) is 11.3 Å². The summed E-state index contributed by atoms with van der Waals surface area (Å²) in [5, 5.41) is 4.50. The third-order valence-electron chi connectivity index (χ3n) is 4.09. The van der Waals surface area contributed by atoms with Crippen LogP contribution >= 0.6 is 11.3 Å². The molecule has 138 valence electrons. The first kappa shape index (κ1) is 18.5. The van der Waals surface area contributed by atoms with E-state index in [1.807, 2.05) is 30.5 Å². The molecule has 27 heavy (non-hydrogen) atoms. The Morgan fingerprint density at radius 3 is 2.70 bits per heavy atom. The van der Waals surface area contributed by atoms with Crippen molar-refractivity contribution in [3.63, 3.8) is 0 Å². The van der Waals surface area contributed by atoms with Crippen LogP contribution in [0.2, 0.25) is 0 Å². The third kappa shape index (κ3) is 4.12. The summed E-state index contributed by atoms with van der Waals surface area (Å²) in [7, 11) is 0. The Hall–Kier alpha value is -3.26. The lowest BCUT2D eigenvalue weighted by atomic mass is 10.0. The van der Waals surface area contributed by atoms with E-state index in [2.05, 4.69) is 15.3 Å². The maximum absolute atomic E-state index is 12.9. The van der Waals surface area contributed by atoms with Gasteiger partial charge in [-0.2, -0.15) is 0 Å². The standard InChI is InChI=1S/C19H18N4O3S/c1-11-16(14-6-2-3-7-21-14)13(10-22-11)19(26)23-15(17(24)18(20)25)9-12-5-4-8-27-12/h2-8,10,15,22H,9H2,1H3,(H2,20,25)(H,23,26). The van der Waals surface area contributed by atoms with Crippen LogP contribution in [0.15, 0.2) is 48.1 Å². The van der Waals surface area contributed by atoms with Gasteiger partial charge in [0.2, 0.25) is 5.78 Å². The van der Waals surface area contributed by atoms with Gasteiger partial charge < -0.3 is 16.0 Å². The number of aromatic nitrogens is 2. The minimum atomic E-state index is -1.08. The van der Waals surface area contributed by atoms with Crippen LogP contribution < -0.4 is 11.1 Å². The van der Waals surface area contributed by atoms with Crippen molar-refractivity contribution in [2.75, 3.05) is 0 Å². The maximum atomic E-state index is 12.9. The van der Waals surface area contributed by atoms with E-state index in [0.29, 0.717) is 16.8 Å². The smallest absolute Gasteiger partial charge is 0.287 e. The summed E-state index contributed by atoms with van der Waals surface area (Å²) in [6, 6.07) is 8.05. The summed E-state index contributed by atoms with van der Waals surface area (Å²) in [6.45, 7) is 1.83. The first-order chi connectivity index (χ1) is 13.0. The molecule has 7 nitrogen and oxygen atoms in total. The molecule has 3 aromatic rings. The van der Waals surface area contributed by atoms with Crippen LogP contribution in [0.4, 0.5) is 0 Å². The molecule has 0 aliphatic heterocycles. The van der Waals surface area contributed by atoms with Crippen LogP contribution in [0.1, 0.15) is 20.9 Å². The number of rotatable bonds is 7. The van der Waals surface area contributed by atoms with Crippen molar-refractivity contribution < 1.29 is 14.4 Å². The Kier molecular flexibility index (Phi) is 5.46. The highest BCUT2D eigenvalue weighted by Crippen LogP contribution is 2.25. The molecule has 0 saturated carbocycles. The number of carbonyl (C=O) groups excluding carboxylic acids is 3. The van der Waals surface area contributed by atoms with Crippen molar-refractivity contribution in [3.8, 4) is 11.3 Å². The molecule has 3 rings (SSSR count). The van der Waals surface area contributed by atoms with Gasteiger partial charge in [-0.3, -0.25) is 19.4 Å². The number of carbonyl (C=O) groups is 3. The summed E-state index contributed by atoms with van der Waals surface area (Å²) in [5.41, 5.74) is 7.56. The van der Waals surface area contributed by atoms with Gasteiger partial charge in [0, 0.05) is 34.9 Å². The van der Waals surface area contributed by atoms with Gasteiger partial charge in [0.1, 0.15) is 6.04 Å². The summed E-state index contributed by atoms with van der Waals surface area (Å²) >= 11 is 1.44. The van der Waals surface area contributed by atoms with E-state index in [1.54, 1.807) is 24.5 Å². The summed E-state index contributed by atoms with van der Waals surface area (Å²) in [5.74, 6) is -2.38. The number of thiophene rings is 1. The number of primary amides is 1. The number of nitrogens with zero attached hydrogens (tertiary/aromatic N) is 1. The van der Waals surface area contributed by atoms with Crippen LogP contribution in [-0.2, 0) is 16.0 Å². The van der Waals surface area contributed by atoms with E-state index < -0.39 is 23.6 Å². The lowest BCUT2D eigenvalue weighted by Crippen LogP contribution is -2.47. The quantitative estimate of drug-likeness (QED) is 0.540. The molecular weight excluding hydrogens is 364 g/mol. The lowest BCUT2D eigenvalue weighted by Gasteiger charge is -2.16. The average Bonchev–Trinajstić information content (AvgIpc) is 3.30. The molecule has 0 aliphatic rings. The minimum absolute atomic E-state index is 0.202. The number of H-pyrrole nitrogens is 1. The summed E-state index contributed by atoms with van der Waals surface area (Å²) in [4.78, 5) is 44.6. The van der Waals surface area contributed by atoms with E-state index in [0.717, 1.165) is 10.6 Å². The predicted molar refractivity (Wildman–Crippen MR) is 102 cm³/mol. The number of nitrogens with one attached hydrogen (secondary N) is 2. The van der Waals surface area contributed by atoms with Gasteiger partial charge in [-0.25, -0.2) is 0 Å². The number of amides is 2. The summed E-state index contributed by atoms with van der Waals surface area (Å²) in [6.07, 6.45) is 3.40. The molecule has 0 bridgehead atoms. The molecule has 0 aliphatic carbocycles. The highest BCUT2D eigenvalue weighted by Gasteiger charge is 2.28. The molecule has 2 amide bonds. The van der Waals surface area contributed by atoms with Gasteiger partial charge >= 0.3 is 0 Å². The van der Waals surface area contributed by atoms with Gasteiger partial charge in [0.15, 0.2) is 0 Å². The largest absolute Gasteiger partial charge is 0.364 e. The molecule has 3 heterocycles. The Bertz CT molecular complexity index is 964. The highest BCUT2D eigenvalue weighted by molar-refractivity contribution is 7.09. The second-order valence-electron chi connectivity index (χ2n) is 5.96. The number of nitrogens with two attached hydrogens (primary N) is 1. The fourth-order valence-corrected chi connectivity index (χ4v) is 3.55. The number of aromatic amines is 1. The van der Waals surface area contributed by atoms with Gasteiger partial charge in [-0.05, 0) is 30.5 Å². The highest BCUT2D eigenvalue weighted by atomic mass is 32.1. The first-order valence-electron chi connectivity index (χ1n) is 8.23. The Morgan fingerprint density at radius 2 is 2.07 bits per heavy atom. The van der Waals surface area contributed by atoms with Crippen LogP contribution in [0.5, 0.6) is 0 Å². The zero-order valence-corrected chi connectivity index (χ0v) is 15.4. The van der Waals surface area contributed by atoms with E-state index in [9.17, 15) is 14.4 Å². The molecule has 0 saturated heterocycles. The Balaban J connectivity index is 1.88. The van der Waals surface area contributed by atoms with Crippen molar-refractivity contribution in [1.29, 1.82) is 0 Å². The molecule has 4 N–H and O–H groups in total. The maximum Gasteiger partial charge on any atom is 0.287 e. The van der Waals surface area contributed by atoms with E-state index in [1.165, 1.54) is 11.3 Å². The number of ketones is 1. The fourth-order valence-electron chi connectivity index (χ4n) is 2.79. The molecule has 0 fully saturated rings. The Labute approximate surface area is 159 Å². The van der Waals surface area contributed by atoms with Crippen LogP contribution in [0, 0.1) is 6.92 Å². The van der Waals surface area contributed by atoms with Crippen LogP contribution in [0.25, 0.3) is 11.3 Å². The van der Waals surface area contributed by atoms with Gasteiger partial charge in [-0.15, -0.1) is 11.3 Å². The van der Waals surface area contributed by atoms with Crippen LogP contribution in [0.3, 0.4) is 0 Å². The second-order valence-corrected chi connectivity index (χ2v) is 6.99. The van der Waals surface area contributed by atoms with Crippen molar-refractivity contribution in [3.05, 3.63) is 64.2 Å². The van der Waals surface area contributed by atoms with E-state index >= 15 is 0 Å². The molecule has 1 unspecified atom stereocenters. The summed E-state index contributed by atoms with van der Waals surface area (Å²) < 4.78 is 0.